The molecule has 4 heteroatoms. The highest BCUT2D eigenvalue weighted by atomic mass is 15.2. The van der Waals surface area contributed by atoms with Gasteiger partial charge < -0.3 is 4.57 Å². The summed E-state index contributed by atoms with van der Waals surface area (Å²) >= 11 is 0. The van der Waals surface area contributed by atoms with Crippen LogP contribution in [-0.4, -0.2) is 18.7 Å². The second kappa shape index (κ2) is 10.1. The van der Waals surface area contributed by atoms with E-state index in [0.29, 0.717) is 0 Å². The number of fused-ring (bicyclic) bond motifs is 8. The van der Waals surface area contributed by atoms with Gasteiger partial charge in [-0.15, -0.1) is 0 Å². The van der Waals surface area contributed by atoms with Crippen LogP contribution in [0.2, 0.25) is 0 Å². The Morgan fingerprint density at radius 2 is 0.979 bits per heavy atom. The van der Waals surface area contributed by atoms with Crippen LogP contribution in [0.25, 0.3) is 83.1 Å². The Bertz CT molecular complexity index is 2770. The monoisotopic (exact) mass is 600 g/mol. The fraction of sp³-hybridized carbons (Fsp3) is 0. The lowest BCUT2D eigenvalue weighted by Crippen LogP contribution is -1.98. The van der Waals surface area contributed by atoms with Crippen LogP contribution in [0.3, 0.4) is 0 Å². The highest BCUT2D eigenvalue weighted by Crippen LogP contribution is 2.44. The predicted octanol–water partition coefficient (Wildman–Crippen LogP) is 10.9. The minimum absolute atomic E-state index is 0.920. The lowest BCUT2D eigenvalue weighted by molar-refractivity contribution is 1.10. The topological polar surface area (TPSA) is 27.7 Å². The van der Waals surface area contributed by atoms with Gasteiger partial charge >= 0.3 is 0 Å². The van der Waals surface area contributed by atoms with Crippen LogP contribution in [-0.2, 0) is 0 Å². The highest BCUT2D eigenvalue weighted by molar-refractivity contribution is 6.28. The summed E-state index contributed by atoms with van der Waals surface area (Å²) in [6.07, 6.45) is 0. The van der Waals surface area contributed by atoms with Crippen molar-refractivity contribution in [2.45, 2.75) is 0 Å². The number of para-hydroxylation sites is 3. The zero-order chi connectivity index (χ0) is 30.9. The molecule has 0 amide bonds. The van der Waals surface area contributed by atoms with Crippen LogP contribution in [0.5, 0.6) is 0 Å². The van der Waals surface area contributed by atoms with Crippen molar-refractivity contribution in [1.82, 2.24) is 18.7 Å². The average Bonchev–Trinajstić information content (AvgIpc) is 3.79. The van der Waals surface area contributed by atoms with Gasteiger partial charge in [-0.05, 0) is 65.4 Å². The molecule has 0 N–H and O–H groups in total. The third-order valence-electron chi connectivity index (χ3n) is 9.42. The number of hydrogen-bond donors (Lipinski definition) is 0. The molecule has 10 rings (SSSR count). The van der Waals surface area contributed by atoms with E-state index in [9.17, 15) is 0 Å². The normalized spacial score (nSPS) is 11.8. The minimum Gasteiger partial charge on any atom is -0.309 e. The maximum Gasteiger partial charge on any atom is 0.165 e. The minimum atomic E-state index is 0.920. The summed E-state index contributed by atoms with van der Waals surface area (Å²) in [6.45, 7) is 0. The number of nitrogens with zero attached hydrogens (tertiary/aromatic N) is 4. The van der Waals surface area contributed by atoms with Crippen molar-refractivity contribution < 1.29 is 0 Å². The van der Waals surface area contributed by atoms with E-state index in [1.165, 1.54) is 38.0 Å². The molecule has 3 aromatic heterocycles. The van der Waals surface area contributed by atoms with Crippen molar-refractivity contribution in [3.05, 3.63) is 170 Å². The molecule has 0 spiro atoms. The van der Waals surface area contributed by atoms with Crippen molar-refractivity contribution in [2.24, 2.45) is 0 Å². The van der Waals surface area contributed by atoms with E-state index in [1.807, 2.05) is 0 Å². The zero-order valence-corrected chi connectivity index (χ0v) is 25.5. The Kier molecular flexibility index (Phi) is 5.54. The second-order valence-corrected chi connectivity index (χ2v) is 12.1. The Morgan fingerprint density at radius 1 is 0.383 bits per heavy atom. The predicted molar refractivity (Wildman–Crippen MR) is 195 cm³/mol. The summed E-state index contributed by atoms with van der Waals surface area (Å²) in [6, 6.07) is 60.5. The van der Waals surface area contributed by atoms with Gasteiger partial charge in [0.2, 0.25) is 0 Å². The Hall–Kier alpha value is -6.39. The molecule has 0 aliphatic rings. The molecule has 10 aromatic rings. The van der Waals surface area contributed by atoms with Gasteiger partial charge in [-0.2, -0.15) is 0 Å². The molecule has 0 saturated carbocycles. The molecular formula is C43H28N4. The molecule has 0 unspecified atom stereocenters. The largest absolute Gasteiger partial charge is 0.309 e. The SMILES string of the molecule is c1ccc(-c2nc3c(c4c5c6ccccc6n(-c6ccc7ccccc7c6)c5ccc4n3-c3ccccc3)n2-c2ccccc2)cc1. The van der Waals surface area contributed by atoms with Crippen LogP contribution in [0.15, 0.2) is 170 Å². The van der Waals surface area contributed by atoms with Gasteiger partial charge in [0.15, 0.2) is 5.65 Å². The van der Waals surface area contributed by atoms with Crippen molar-refractivity contribution in [2.75, 3.05) is 0 Å². The molecule has 3 heterocycles. The Morgan fingerprint density at radius 3 is 1.72 bits per heavy atom. The fourth-order valence-electron chi connectivity index (χ4n) is 7.42. The van der Waals surface area contributed by atoms with Gasteiger partial charge in [0.1, 0.15) is 11.3 Å². The molecule has 0 aliphatic heterocycles. The molecule has 0 atom stereocenters. The van der Waals surface area contributed by atoms with Gasteiger partial charge in [-0.3, -0.25) is 9.13 Å². The van der Waals surface area contributed by atoms with Crippen LogP contribution in [0, 0.1) is 0 Å². The van der Waals surface area contributed by atoms with E-state index in [-0.39, 0.29) is 0 Å². The van der Waals surface area contributed by atoms with Gasteiger partial charge in [0, 0.05) is 38.8 Å². The molecule has 0 saturated heterocycles. The average molecular weight is 601 g/mol. The van der Waals surface area contributed by atoms with Gasteiger partial charge in [-0.25, -0.2) is 4.98 Å². The molecule has 0 bridgehead atoms. The first-order valence-corrected chi connectivity index (χ1v) is 16.0. The summed E-state index contributed by atoms with van der Waals surface area (Å²) in [7, 11) is 0. The van der Waals surface area contributed by atoms with E-state index in [4.69, 9.17) is 4.98 Å². The third-order valence-corrected chi connectivity index (χ3v) is 9.42. The van der Waals surface area contributed by atoms with Gasteiger partial charge in [0.05, 0.1) is 16.6 Å². The van der Waals surface area contributed by atoms with Crippen molar-refractivity contribution >= 4 is 54.6 Å². The zero-order valence-electron chi connectivity index (χ0n) is 25.5. The molecule has 47 heavy (non-hydrogen) atoms. The van der Waals surface area contributed by atoms with E-state index >= 15 is 0 Å². The van der Waals surface area contributed by atoms with Crippen LogP contribution in [0.1, 0.15) is 0 Å². The number of rotatable bonds is 4. The number of benzene rings is 7. The number of imidazole rings is 1. The van der Waals surface area contributed by atoms with E-state index in [2.05, 4.69) is 184 Å². The molecule has 7 aromatic carbocycles. The summed E-state index contributed by atoms with van der Waals surface area (Å²) in [4.78, 5) is 5.48. The van der Waals surface area contributed by atoms with Gasteiger partial charge in [0.25, 0.3) is 0 Å². The Balaban J connectivity index is 1.43. The summed E-state index contributed by atoms with van der Waals surface area (Å²) < 4.78 is 7.11. The maximum absolute atomic E-state index is 5.48. The van der Waals surface area contributed by atoms with Crippen molar-refractivity contribution in [3.63, 3.8) is 0 Å². The van der Waals surface area contributed by atoms with Crippen LogP contribution < -0.4 is 0 Å². The van der Waals surface area contributed by atoms with Gasteiger partial charge in [-0.1, -0.05) is 115 Å². The quantitative estimate of drug-likeness (QED) is 0.197. The summed E-state index contributed by atoms with van der Waals surface area (Å²) in [5.41, 5.74) is 9.90. The lowest BCUT2D eigenvalue weighted by Gasteiger charge is -2.11. The second-order valence-electron chi connectivity index (χ2n) is 12.1. The smallest absolute Gasteiger partial charge is 0.165 e. The summed E-state index contributed by atoms with van der Waals surface area (Å²) in [5, 5.41) is 6.10. The highest BCUT2D eigenvalue weighted by Gasteiger charge is 2.26. The summed E-state index contributed by atoms with van der Waals surface area (Å²) in [5.74, 6) is 0.920. The maximum atomic E-state index is 5.48. The number of hydrogen-bond acceptors (Lipinski definition) is 1. The lowest BCUT2D eigenvalue weighted by atomic mass is 10.1. The molecule has 0 aliphatic carbocycles. The van der Waals surface area contributed by atoms with Crippen molar-refractivity contribution in [3.8, 4) is 28.5 Å². The molecule has 0 fully saturated rings. The fourth-order valence-corrected chi connectivity index (χ4v) is 7.42. The first-order valence-electron chi connectivity index (χ1n) is 16.0. The first kappa shape index (κ1) is 25.9. The molecule has 220 valence electrons. The standard InChI is InChI=1S/C43H28N4/c1-4-15-30(16-5-1)42-44-43-41(47(42)33-20-8-3-9-21-33)40-38(46(43)32-18-6-2-7-19-32)27-26-37-39(40)35-22-12-13-23-36(35)45(37)34-25-24-29-14-10-11-17-31(29)28-34/h1-28H. The van der Waals surface area contributed by atoms with Crippen LogP contribution in [0.4, 0.5) is 0 Å². The molecule has 4 nitrogen and oxygen atoms in total. The third kappa shape index (κ3) is 3.79. The van der Waals surface area contributed by atoms with E-state index in [1.54, 1.807) is 0 Å². The molecule has 0 radical (unpaired) electrons. The van der Waals surface area contributed by atoms with E-state index < -0.39 is 0 Å². The Labute approximate surface area is 271 Å². The molecular weight excluding hydrogens is 573 g/mol. The number of aromatic nitrogens is 4. The van der Waals surface area contributed by atoms with Crippen molar-refractivity contribution in [1.29, 1.82) is 0 Å². The first-order chi connectivity index (χ1) is 23.3. The van der Waals surface area contributed by atoms with Crippen LogP contribution >= 0.6 is 0 Å². The van der Waals surface area contributed by atoms with E-state index in [0.717, 1.165) is 45.1 Å².